The van der Waals surface area contributed by atoms with E-state index < -0.39 is 5.82 Å². The van der Waals surface area contributed by atoms with Gasteiger partial charge in [-0.3, -0.25) is 4.79 Å². The summed E-state index contributed by atoms with van der Waals surface area (Å²) in [6, 6.07) is 11.2. The van der Waals surface area contributed by atoms with Crippen LogP contribution in [0.25, 0.3) is 22.0 Å². The van der Waals surface area contributed by atoms with E-state index in [1.54, 1.807) is 24.3 Å². The molecule has 1 aromatic heterocycles. The van der Waals surface area contributed by atoms with Crippen LogP contribution in [0.5, 0.6) is 0 Å². The fourth-order valence-corrected chi connectivity index (χ4v) is 2.69. The summed E-state index contributed by atoms with van der Waals surface area (Å²) in [5, 5.41) is 5.93. The van der Waals surface area contributed by atoms with E-state index in [0.717, 1.165) is 5.56 Å². The Bertz CT molecular complexity index is 907. The third-order valence-corrected chi connectivity index (χ3v) is 4.06. The van der Waals surface area contributed by atoms with Crippen LogP contribution in [0.3, 0.4) is 0 Å². The molecule has 0 bridgehead atoms. The van der Waals surface area contributed by atoms with Gasteiger partial charge in [-0.1, -0.05) is 23.7 Å². The van der Waals surface area contributed by atoms with Gasteiger partial charge in [-0.2, -0.15) is 5.10 Å². The van der Waals surface area contributed by atoms with Crippen LogP contribution < -0.4 is 5.56 Å². The molecular weight excluding hydrogens is 338 g/mol. The van der Waals surface area contributed by atoms with Crippen molar-refractivity contribution in [2.24, 2.45) is 0 Å². The summed E-state index contributed by atoms with van der Waals surface area (Å²) >= 11 is 11.6. The average Bonchev–Trinajstić information content (AvgIpc) is 2.55. The lowest BCUT2D eigenvalue weighted by Crippen LogP contribution is -2.24. The first-order valence-corrected chi connectivity index (χ1v) is 8.03. The molecule has 0 spiro atoms. The highest BCUT2D eigenvalue weighted by atomic mass is 35.5. The minimum Gasteiger partial charge on any atom is -0.267 e. The molecular formula is C17H13Cl2FN2O. The summed E-state index contributed by atoms with van der Waals surface area (Å²) < 4.78 is 15.0. The minimum absolute atomic E-state index is 0.247. The van der Waals surface area contributed by atoms with Crippen LogP contribution in [0, 0.1) is 5.82 Å². The van der Waals surface area contributed by atoms with Gasteiger partial charge in [0, 0.05) is 28.4 Å². The lowest BCUT2D eigenvalue weighted by atomic mass is 10.0. The predicted octanol–water partition coefficient (Wildman–Crippen LogP) is 4.48. The molecule has 6 heteroatoms. The largest absolute Gasteiger partial charge is 0.274 e. The van der Waals surface area contributed by atoms with E-state index >= 15 is 0 Å². The van der Waals surface area contributed by atoms with E-state index in [9.17, 15) is 9.18 Å². The van der Waals surface area contributed by atoms with Crippen molar-refractivity contribution < 1.29 is 4.39 Å². The van der Waals surface area contributed by atoms with Crippen LogP contribution in [0.2, 0.25) is 5.02 Å². The second-order valence-electron chi connectivity index (χ2n) is 5.12. The minimum atomic E-state index is -0.410. The van der Waals surface area contributed by atoms with Crippen molar-refractivity contribution in [2.45, 2.75) is 13.0 Å². The molecule has 0 fully saturated rings. The van der Waals surface area contributed by atoms with Gasteiger partial charge in [-0.05, 0) is 36.8 Å². The Hall–Kier alpha value is -1.91. The first kappa shape index (κ1) is 16.0. The van der Waals surface area contributed by atoms with Gasteiger partial charge in [0.2, 0.25) is 0 Å². The number of alkyl halides is 1. The standard InChI is InChI=1S/C17H13Cl2FN2O/c18-8-1-9-22-17(23)14-7-6-13(20)10-15(14)16(21-22)11-2-4-12(19)5-3-11/h2-7,10H,1,8-9H2. The van der Waals surface area contributed by atoms with Crippen LogP contribution in [0.1, 0.15) is 6.42 Å². The molecule has 2 aromatic carbocycles. The van der Waals surface area contributed by atoms with Crippen molar-refractivity contribution >= 4 is 34.0 Å². The molecule has 3 aromatic rings. The molecule has 0 radical (unpaired) electrons. The maximum atomic E-state index is 13.7. The summed E-state index contributed by atoms with van der Waals surface area (Å²) in [6.07, 6.45) is 0.626. The van der Waals surface area contributed by atoms with Gasteiger partial charge in [0.1, 0.15) is 5.82 Å². The van der Waals surface area contributed by atoms with Crippen molar-refractivity contribution in [3.8, 4) is 11.3 Å². The van der Waals surface area contributed by atoms with Crippen LogP contribution >= 0.6 is 23.2 Å². The molecule has 3 rings (SSSR count). The zero-order chi connectivity index (χ0) is 16.4. The Labute approximate surface area is 142 Å². The van der Waals surface area contributed by atoms with Gasteiger partial charge in [0.05, 0.1) is 11.1 Å². The molecule has 0 amide bonds. The first-order valence-electron chi connectivity index (χ1n) is 7.12. The van der Waals surface area contributed by atoms with Crippen LogP contribution in [0.4, 0.5) is 4.39 Å². The summed E-state index contributed by atoms with van der Waals surface area (Å²) in [6.45, 7) is 0.413. The van der Waals surface area contributed by atoms with Crippen molar-refractivity contribution in [3.05, 3.63) is 63.7 Å². The Balaban J connectivity index is 2.29. The Morgan fingerprint density at radius 1 is 1.09 bits per heavy atom. The van der Waals surface area contributed by atoms with Crippen molar-refractivity contribution in [2.75, 3.05) is 5.88 Å². The van der Waals surface area contributed by atoms with Crippen molar-refractivity contribution in [1.29, 1.82) is 0 Å². The summed E-state index contributed by atoms with van der Waals surface area (Å²) in [4.78, 5) is 12.5. The van der Waals surface area contributed by atoms with Crippen LogP contribution in [-0.4, -0.2) is 15.7 Å². The van der Waals surface area contributed by atoms with Gasteiger partial charge in [0.15, 0.2) is 0 Å². The highest BCUT2D eigenvalue weighted by Gasteiger charge is 2.13. The molecule has 3 nitrogen and oxygen atoms in total. The van der Waals surface area contributed by atoms with Gasteiger partial charge in [-0.25, -0.2) is 9.07 Å². The van der Waals surface area contributed by atoms with Crippen LogP contribution in [0.15, 0.2) is 47.3 Å². The molecule has 0 N–H and O–H groups in total. The normalized spacial score (nSPS) is 11.1. The van der Waals surface area contributed by atoms with E-state index in [-0.39, 0.29) is 5.56 Å². The second-order valence-corrected chi connectivity index (χ2v) is 5.93. The molecule has 1 heterocycles. The smallest absolute Gasteiger partial charge is 0.267 e. The topological polar surface area (TPSA) is 34.9 Å². The highest BCUT2D eigenvalue weighted by molar-refractivity contribution is 6.30. The number of aryl methyl sites for hydroxylation is 1. The number of rotatable bonds is 4. The van der Waals surface area contributed by atoms with E-state index in [0.29, 0.717) is 40.3 Å². The van der Waals surface area contributed by atoms with Gasteiger partial charge in [-0.15, -0.1) is 11.6 Å². The van der Waals surface area contributed by atoms with Crippen molar-refractivity contribution in [3.63, 3.8) is 0 Å². The third kappa shape index (κ3) is 3.23. The number of hydrogen-bond donors (Lipinski definition) is 0. The van der Waals surface area contributed by atoms with E-state index in [1.807, 2.05) is 0 Å². The molecule has 23 heavy (non-hydrogen) atoms. The summed E-state index contributed by atoms with van der Waals surface area (Å²) in [5.74, 6) is 0.0266. The summed E-state index contributed by atoms with van der Waals surface area (Å²) in [7, 11) is 0. The molecule has 118 valence electrons. The third-order valence-electron chi connectivity index (χ3n) is 3.54. The lowest BCUT2D eigenvalue weighted by molar-refractivity contribution is 0.578. The number of nitrogens with zero attached hydrogens (tertiary/aromatic N) is 2. The first-order chi connectivity index (χ1) is 11.1. The average molecular weight is 351 g/mol. The SMILES string of the molecule is O=c1c2ccc(F)cc2c(-c2ccc(Cl)cc2)nn1CCCCl. The number of aromatic nitrogens is 2. The molecule has 0 saturated heterocycles. The van der Waals surface area contributed by atoms with E-state index in [4.69, 9.17) is 23.2 Å². The van der Waals surface area contributed by atoms with Crippen LogP contribution in [-0.2, 0) is 6.54 Å². The number of benzene rings is 2. The van der Waals surface area contributed by atoms with Gasteiger partial charge >= 0.3 is 0 Å². The zero-order valence-corrected chi connectivity index (χ0v) is 13.6. The van der Waals surface area contributed by atoms with Gasteiger partial charge in [0.25, 0.3) is 5.56 Å². The van der Waals surface area contributed by atoms with E-state index in [1.165, 1.54) is 22.9 Å². The fourth-order valence-electron chi connectivity index (χ4n) is 2.44. The summed E-state index contributed by atoms with van der Waals surface area (Å²) in [5.41, 5.74) is 1.07. The Kier molecular flexibility index (Phi) is 4.64. The molecule has 0 aliphatic carbocycles. The molecule has 0 unspecified atom stereocenters. The second kappa shape index (κ2) is 6.69. The maximum absolute atomic E-state index is 13.7. The number of hydrogen-bond acceptors (Lipinski definition) is 2. The quantitative estimate of drug-likeness (QED) is 0.650. The fraction of sp³-hybridized carbons (Fsp3) is 0.176. The molecule has 0 atom stereocenters. The molecule has 0 aliphatic heterocycles. The zero-order valence-electron chi connectivity index (χ0n) is 12.1. The molecule has 0 saturated carbocycles. The number of fused-ring (bicyclic) bond motifs is 1. The Morgan fingerprint density at radius 3 is 2.52 bits per heavy atom. The monoisotopic (exact) mass is 350 g/mol. The van der Waals surface area contributed by atoms with Crippen molar-refractivity contribution in [1.82, 2.24) is 9.78 Å². The highest BCUT2D eigenvalue weighted by Crippen LogP contribution is 2.26. The Morgan fingerprint density at radius 2 is 1.83 bits per heavy atom. The lowest BCUT2D eigenvalue weighted by Gasteiger charge is -2.11. The maximum Gasteiger partial charge on any atom is 0.274 e. The van der Waals surface area contributed by atoms with Gasteiger partial charge < -0.3 is 0 Å². The van der Waals surface area contributed by atoms with E-state index in [2.05, 4.69) is 5.10 Å². The molecule has 0 aliphatic rings. The predicted molar refractivity (Wildman–Crippen MR) is 91.7 cm³/mol. The number of halogens is 3.